The Kier molecular flexibility index (Phi) is 14.0. The van der Waals surface area contributed by atoms with Crippen molar-refractivity contribution in [3.8, 4) is 0 Å². The number of likely N-dealkylation sites (N-methyl/N-ethyl adjacent to an activating group) is 1. The number of carbonyl (C=O) groups excluding carboxylic acids is 1. The second kappa shape index (κ2) is 14.8. The van der Waals surface area contributed by atoms with Gasteiger partial charge in [0, 0.05) is 33.9 Å². The van der Waals surface area contributed by atoms with Crippen molar-refractivity contribution in [2.45, 2.75) is 33.2 Å². The number of hydrogen-bond acceptors (Lipinski definition) is 3. The summed E-state index contributed by atoms with van der Waals surface area (Å²) in [5.74, 6) is 0.662. The Hall–Kier alpha value is -1.35. The maximum Gasteiger partial charge on any atom is 0.241 e. The van der Waals surface area contributed by atoms with E-state index in [1.54, 1.807) is 19.0 Å². The third kappa shape index (κ3) is 9.96. The van der Waals surface area contributed by atoms with Crippen molar-refractivity contribution in [1.29, 1.82) is 0 Å². The molecule has 0 spiro atoms. The van der Waals surface area contributed by atoms with Crippen molar-refractivity contribution in [3.05, 3.63) is 35.4 Å². The van der Waals surface area contributed by atoms with Gasteiger partial charge in [0.25, 0.3) is 0 Å². The lowest BCUT2D eigenvalue weighted by Gasteiger charge is -2.15. The van der Waals surface area contributed by atoms with Crippen molar-refractivity contribution in [2.24, 2.45) is 4.99 Å². The van der Waals surface area contributed by atoms with Crippen LogP contribution in [-0.2, 0) is 22.5 Å². The van der Waals surface area contributed by atoms with Crippen molar-refractivity contribution < 1.29 is 9.53 Å². The molecule has 1 aromatic rings. The van der Waals surface area contributed by atoms with Crippen molar-refractivity contribution in [1.82, 2.24) is 15.5 Å². The molecule has 26 heavy (non-hydrogen) atoms. The van der Waals surface area contributed by atoms with Crippen LogP contribution in [0, 0.1) is 0 Å². The van der Waals surface area contributed by atoms with Gasteiger partial charge in [0.2, 0.25) is 5.91 Å². The van der Waals surface area contributed by atoms with E-state index in [1.807, 2.05) is 19.1 Å². The lowest BCUT2D eigenvalue weighted by atomic mass is 10.1. The number of aryl methyl sites for hydroxylation is 1. The van der Waals surface area contributed by atoms with Crippen LogP contribution in [0.25, 0.3) is 0 Å². The molecule has 0 saturated carbocycles. The zero-order chi connectivity index (χ0) is 18.5. The zero-order valence-electron chi connectivity index (χ0n) is 16.4. The number of halogens is 1. The molecule has 148 valence electrons. The summed E-state index contributed by atoms with van der Waals surface area (Å²) in [4.78, 5) is 18.0. The van der Waals surface area contributed by atoms with Crippen molar-refractivity contribution in [2.75, 3.05) is 40.4 Å². The number of amides is 1. The topological polar surface area (TPSA) is 66.0 Å². The summed E-state index contributed by atoms with van der Waals surface area (Å²) in [5.41, 5.74) is 2.51. The molecule has 0 aliphatic rings. The number of aliphatic imine (C=N–C) groups is 1. The predicted octanol–water partition coefficient (Wildman–Crippen LogP) is 2.42. The number of carbonyl (C=O) groups is 1. The molecular weight excluding hydrogens is 443 g/mol. The molecule has 1 amide bonds. The monoisotopic (exact) mass is 476 g/mol. The number of guanidine groups is 1. The maximum atomic E-state index is 11.8. The SMILES string of the molecule is CCOCCCNC(=NCc1ccccc1CC)NCC(=O)N(C)C.I. The summed E-state index contributed by atoms with van der Waals surface area (Å²) in [5, 5.41) is 6.38. The Balaban J connectivity index is 0.00000625. The van der Waals surface area contributed by atoms with Crippen LogP contribution in [0.3, 0.4) is 0 Å². The third-order valence-corrected chi connectivity index (χ3v) is 3.77. The minimum atomic E-state index is 0. The molecule has 0 bridgehead atoms. The van der Waals surface area contributed by atoms with E-state index >= 15 is 0 Å². The first-order chi connectivity index (χ1) is 12.1. The number of rotatable bonds is 10. The molecule has 0 saturated heterocycles. The van der Waals surface area contributed by atoms with Crippen LogP contribution in [0.15, 0.2) is 29.3 Å². The Morgan fingerprint density at radius 3 is 2.46 bits per heavy atom. The first kappa shape index (κ1) is 24.7. The molecule has 7 heteroatoms. The third-order valence-electron chi connectivity index (χ3n) is 3.77. The van der Waals surface area contributed by atoms with Crippen LogP contribution in [-0.4, -0.2) is 57.2 Å². The van der Waals surface area contributed by atoms with E-state index in [0.29, 0.717) is 19.1 Å². The summed E-state index contributed by atoms with van der Waals surface area (Å²) < 4.78 is 5.34. The Morgan fingerprint density at radius 2 is 1.85 bits per heavy atom. The number of ether oxygens (including phenoxy) is 1. The summed E-state index contributed by atoms with van der Waals surface area (Å²) in [6.07, 6.45) is 1.87. The summed E-state index contributed by atoms with van der Waals surface area (Å²) in [6, 6.07) is 8.30. The maximum absolute atomic E-state index is 11.8. The predicted molar refractivity (Wildman–Crippen MR) is 118 cm³/mol. The van der Waals surface area contributed by atoms with E-state index in [-0.39, 0.29) is 36.4 Å². The molecule has 6 nitrogen and oxygen atoms in total. The molecule has 0 unspecified atom stereocenters. The van der Waals surface area contributed by atoms with E-state index < -0.39 is 0 Å². The second-order valence-corrected chi connectivity index (χ2v) is 5.91. The zero-order valence-corrected chi connectivity index (χ0v) is 18.7. The van der Waals surface area contributed by atoms with E-state index in [2.05, 4.69) is 34.7 Å². The molecule has 0 aromatic heterocycles. The normalized spacial score (nSPS) is 10.8. The summed E-state index contributed by atoms with van der Waals surface area (Å²) in [7, 11) is 3.49. The van der Waals surface area contributed by atoms with Crippen LogP contribution in [0.5, 0.6) is 0 Å². The minimum absolute atomic E-state index is 0. The first-order valence-corrected chi connectivity index (χ1v) is 8.95. The minimum Gasteiger partial charge on any atom is -0.382 e. The van der Waals surface area contributed by atoms with Crippen molar-refractivity contribution in [3.63, 3.8) is 0 Å². The Morgan fingerprint density at radius 1 is 1.15 bits per heavy atom. The van der Waals surface area contributed by atoms with E-state index in [0.717, 1.165) is 26.0 Å². The van der Waals surface area contributed by atoms with Crippen LogP contribution < -0.4 is 10.6 Å². The smallest absolute Gasteiger partial charge is 0.241 e. The highest BCUT2D eigenvalue weighted by Crippen LogP contribution is 2.10. The van der Waals surface area contributed by atoms with Gasteiger partial charge in [-0.2, -0.15) is 0 Å². The Labute approximate surface area is 174 Å². The fourth-order valence-corrected chi connectivity index (χ4v) is 2.24. The first-order valence-electron chi connectivity index (χ1n) is 8.95. The van der Waals surface area contributed by atoms with Gasteiger partial charge in [-0.25, -0.2) is 4.99 Å². The van der Waals surface area contributed by atoms with Crippen LogP contribution in [0.1, 0.15) is 31.4 Å². The fraction of sp³-hybridized carbons (Fsp3) is 0.579. The quantitative estimate of drug-likeness (QED) is 0.236. The largest absolute Gasteiger partial charge is 0.382 e. The van der Waals surface area contributed by atoms with Gasteiger partial charge in [0.15, 0.2) is 5.96 Å². The number of hydrogen-bond donors (Lipinski definition) is 2. The fourth-order valence-electron chi connectivity index (χ4n) is 2.24. The standard InChI is InChI=1S/C19H32N4O2.HI/c1-5-16-10-7-8-11-17(16)14-21-19(20-12-9-13-25-6-2)22-15-18(24)23(3)4;/h7-8,10-11H,5-6,9,12-15H2,1-4H3,(H2,20,21,22);1H. The second-order valence-electron chi connectivity index (χ2n) is 5.91. The number of benzene rings is 1. The number of nitrogens with one attached hydrogen (secondary N) is 2. The van der Waals surface area contributed by atoms with Crippen LogP contribution in [0.4, 0.5) is 0 Å². The molecule has 0 atom stereocenters. The van der Waals surface area contributed by atoms with Gasteiger partial charge in [-0.1, -0.05) is 31.2 Å². The highest BCUT2D eigenvalue weighted by atomic mass is 127. The molecule has 1 rings (SSSR count). The average molecular weight is 476 g/mol. The van der Waals surface area contributed by atoms with Gasteiger partial charge in [-0.05, 0) is 30.9 Å². The highest BCUT2D eigenvalue weighted by Gasteiger charge is 2.06. The molecule has 2 N–H and O–H groups in total. The summed E-state index contributed by atoms with van der Waals surface area (Å²) >= 11 is 0. The molecule has 1 aromatic carbocycles. The van der Waals surface area contributed by atoms with E-state index in [9.17, 15) is 4.79 Å². The molecule has 0 fully saturated rings. The molecule has 0 heterocycles. The summed E-state index contributed by atoms with van der Waals surface area (Å²) in [6.45, 7) is 7.12. The van der Waals surface area contributed by atoms with Crippen LogP contribution >= 0.6 is 24.0 Å². The van der Waals surface area contributed by atoms with Gasteiger partial charge in [-0.3, -0.25) is 4.79 Å². The van der Waals surface area contributed by atoms with Gasteiger partial charge in [0.1, 0.15) is 0 Å². The Bertz CT molecular complexity index is 550. The van der Waals surface area contributed by atoms with E-state index in [4.69, 9.17) is 4.74 Å². The van der Waals surface area contributed by atoms with Crippen LogP contribution in [0.2, 0.25) is 0 Å². The van der Waals surface area contributed by atoms with Gasteiger partial charge < -0.3 is 20.3 Å². The molecule has 0 aliphatic carbocycles. The highest BCUT2D eigenvalue weighted by molar-refractivity contribution is 14.0. The number of nitrogens with zero attached hydrogens (tertiary/aromatic N) is 2. The van der Waals surface area contributed by atoms with Gasteiger partial charge >= 0.3 is 0 Å². The van der Waals surface area contributed by atoms with Gasteiger partial charge in [0.05, 0.1) is 13.1 Å². The molecular formula is C19H33IN4O2. The molecule has 0 aliphatic heterocycles. The lowest BCUT2D eigenvalue weighted by Crippen LogP contribution is -2.43. The average Bonchev–Trinajstić information content (AvgIpc) is 2.62. The lowest BCUT2D eigenvalue weighted by molar-refractivity contribution is -0.127. The van der Waals surface area contributed by atoms with Crippen molar-refractivity contribution >= 4 is 35.8 Å². The van der Waals surface area contributed by atoms with Gasteiger partial charge in [-0.15, -0.1) is 24.0 Å². The van der Waals surface area contributed by atoms with E-state index in [1.165, 1.54) is 11.1 Å². The molecule has 0 radical (unpaired) electrons.